The highest BCUT2D eigenvalue weighted by molar-refractivity contribution is 9.10. The van der Waals surface area contributed by atoms with Gasteiger partial charge in [0.2, 0.25) is 0 Å². The van der Waals surface area contributed by atoms with Gasteiger partial charge in [-0.15, -0.1) is 0 Å². The summed E-state index contributed by atoms with van der Waals surface area (Å²) in [6, 6.07) is 2.12. The van der Waals surface area contributed by atoms with Crippen molar-refractivity contribution in [1.29, 1.82) is 0 Å². The van der Waals surface area contributed by atoms with Gasteiger partial charge in [0, 0.05) is 23.3 Å². The molecular formula is C9H11BrN2O. The Morgan fingerprint density at radius 1 is 1.69 bits per heavy atom. The van der Waals surface area contributed by atoms with Crippen molar-refractivity contribution < 1.29 is 4.79 Å². The smallest absolute Gasteiger partial charge is 0.268 e. The monoisotopic (exact) mass is 242 g/mol. The van der Waals surface area contributed by atoms with Crippen LogP contribution >= 0.6 is 15.9 Å². The minimum atomic E-state index is 0.0238. The molecule has 0 fully saturated rings. The molecule has 0 radical (unpaired) electrons. The minimum absolute atomic E-state index is 0.0238. The molecule has 4 heteroatoms. The number of fused-ring (bicyclic) bond motifs is 1. The molecule has 1 unspecified atom stereocenters. The Morgan fingerprint density at radius 2 is 2.46 bits per heavy atom. The maximum atomic E-state index is 11.6. The van der Waals surface area contributed by atoms with Gasteiger partial charge in [0.05, 0.1) is 0 Å². The maximum absolute atomic E-state index is 11.6. The van der Waals surface area contributed by atoms with E-state index in [9.17, 15) is 4.79 Å². The van der Waals surface area contributed by atoms with Gasteiger partial charge in [-0.3, -0.25) is 4.79 Å². The summed E-state index contributed by atoms with van der Waals surface area (Å²) in [5, 5.41) is 2.93. The summed E-state index contributed by atoms with van der Waals surface area (Å²) in [6.07, 6.45) is 2.94. The van der Waals surface area contributed by atoms with Gasteiger partial charge in [0.25, 0.3) is 5.91 Å². The fourth-order valence-electron chi connectivity index (χ4n) is 1.55. The summed E-state index contributed by atoms with van der Waals surface area (Å²) in [5.41, 5.74) is 0.747. The van der Waals surface area contributed by atoms with E-state index in [1.54, 1.807) is 0 Å². The SMILES string of the molecule is CC1CCn2cc(Br)cc2C(=O)N1. The minimum Gasteiger partial charge on any atom is -0.348 e. The van der Waals surface area contributed by atoms with Gasteiger partial charge in [-0.2, -0.15) is 0 Å². The molecule has 70 valence electrons. The second-order valence-corrected chi connectivity index (χ2v) is 4.32. The zero-order valence-corrected chi connectivity index (χ0v) is 8.97. The molecule has 1 N–H and O–H groups in total. The van der Waals surface area contributed by atoms with Crippen LogP contribution in [0.15, 0.2) is 16.7 Å². The van der Waals surface area contributed by atoms with E-state index in [0.717, 1.165) is 23.1 Å². The van der Waals surface area contributed by atoms with Crippen LogP contribution in [0.1, 0.15) is 23.8 Å². The maximum Gasteiger partial charge on any atom is 0.268 e. The van der Waals surface area contributed by atoms with Crippen molar-refractivity contribution >= 4 is 21.8 Å². The van der Waals surface area contributed by atoms with Gasteiger partial charge in [-0.05, 0) is 35.3 Å². The number of carbonyl (C=O) groups excluding carboxylic acids is 1. The van der Waals surface area contributed by atoms with Gasteiger partial charge in [-0.1, -0.05) is 0 Å². The number of hydrogen-bond acceptors (Lipinski definition) is 1. The van der Waals surface area contributed by atoms with Crippen LogP contribution < -0.4 is 5.32 Å². The second kappa shape index (κ2) is 3.18. The van der Waals surface area contributed by atoms with Crippen LogP contribution in [-0.4, -0.2) is 16.5 Å². The van der Waals surface area contributed by atoms with Crippen molar-refractivity contribution in [3.05, 3.63) is 22.4 Å². The van der Waals surface area contributed by atoms with Crippen molar-refractivity contribution in [3.8, 4) is 0 Å². The van der Waals surface area contributed by atoms with Crippen LogP contribution in [0.5, 0.6) is 0 Å². The van der Waals surface area contributed by atoms with Crippen LogP contribution in [0, 0.1) is 0 Å². The molecule has 1 aliphatic heterocycles. The summed E-state index contributed by atoms with van der Waals surface area (Å²) in [7, 11) is 0. The first-order chi connectivity index (χ1) is 6.16. The highest BCUT2D eigenvalue weighted by Crippen LogP contribution is 2.17. The molecule has 0 aliphatic carbocycles. The third-order valence-electron chi connectivity index (χ3n) is 2.28. The summed E-state index contributed by atoms with van der Waals surface area (Å²) in [4.78, 5) is 11.6. The van der Waals surface area contributed by atoms with Gasteiger partial charge >= 0.3 is 0 Å². The lowest BCUT2D eigenvalue weighted by atomic mass is 10.2. The number of halogens is 1. The van der Waals surface area contributed by atoms with Crippen molar-refractivity contribution in [2.75, 3.05) is 0 Å². The number of aryl methyl sites for hydroxylation is 1. The highest BCUT2D eigenvalue weighted by Gasteiger charge is 2.18. The molecule has 0 saturated carbocycles. The predicted octanol–water partition coefficient (Wildman–Crippen LogP) is 1.77. The normalized spacial score (nSPS) is 22.0. The summed E-state index contributed by atoms with van der Waals surface area (Å²) < 4.78 is 2.95. The van der Waals surface area contributed by atoms with Gasteiger partial charge in [0.1, 0.15) is 5.69 Å². The van der Waals surface area contributed by atoms with Crippen molar-refractivity contribution in [1.82, 2.24) is 9.88 Å². The van der Waals surface area contributed by atoms with Crippen molar-refractivity contribution in [3.63, 3.8) is 0 Å². The second-order valence-electron chi connectivity index (χ2n) is 3.40. The zero-order chi connectivity index (χ0) is 9.42. The van der Waals surface area contributed by atoms with E-state index >= 15 is 0 Å². The Morgan fingerprint density at radius 3 is 3.23 bits per heavy atom. The number of aromatic nitrogens is 1. The van der Waals surface area contributed by atoms with Crippen LogP contribution in [0.4, 0.5) is 0 Å². The molecule has 1 amide bonds. The molecule has 1 aromatic rings. The Labute approximate surface area is 85.2 Å². The van der Waals surface area contributed by atoms with E-state index in [1.165, 1.54) is 0 Å². The van der Waals surface area contributed by atoms with Crippen molar-refractivity contribution in [2.24, 2.45) is 0 Å². The van der Waals surface area contributed by atoms with E-state index in [-0.39, 0.29) is 11.9 Å². The number of hydrogen-bond donors (Lipinski definition) is 1. The molecule has 1 aliphatic rings. The molecule has 1 aromatic heterocycles. The Kier molecular flexibility index (Phi) is 2.15. The van der Waals surface area contributed by atoms with E-state index in [1.807, 2.05) is 23.8 Å². The Balaban J connectivity index is 2.39. The first-order valence-electron chi connectivity index (χ1n) is 4.33. The summed E-state index contributed by atoms with van der Waals surface area (Å²) in [6.45, 7) is 2.93. The molecule has 0 spiro atoms. The van der Waals surface area contributed by atoms with E-state index < -0.39 is 0 Å². The number of rotatable bonds is 0. The molecule has 3 nitrogen and oxygen atoms in total. The molecule has 0 aromatic carbocycles. The quantitative estimate of drug-likeness (QED) is 0.740. The molecular weight excluding hydrogens is 232 g/mol. The fraction of sp³-hybridized carbons (Fsp3) is 0.444. The number of amides is 1. The Hall–Kier alpha value is -0.770. The van der Waals surface area contributed by atoms with Crippen LogP contribution in [0.2, 0.25) is 0 Å². The molecule has 0 saturated heterocycles. The third-order valence-corrected chi connectivity index (χ3v) is 2.71. The molecule has 13 heavy (non-hydrogen) atoms. The third kappa shape index (κ3) is 1.63. The molecule has 2 rings (SSSR count). The lowest BCUT2D eigenvalue weighted by molar-refractivity contribution is 0.0938. The van der Waals surface area contributed by atoms with E-state index in [0.29, 0.717) is 0 Å². The molecule has 0 bridgehead atoms. The highest BCUT2D eigenvalue weighted by atomic mass is 79.9. The standard InChI is InChI=1S/C9H11BrN2O/c1-6-2-3-12-5-7(10)4-8(12)9(13)11-6/h4-6H,2-3H2,1H3,(H,11,13). The first kappa shape index (κ1) is 8.81. The predicted molar refractivity (Wildman–Crippen MR) is 53.7 cm³/mol. The summed E-state index contributed by atoms with van der Waals surface area (Å²) >= 11 is 3.36. The van der Waals surface area contributed by atoms with E-state index in [2.05, 4.69) is 21.2 Å². The van der Waals surface area contributed by atoms with Crippen LogP contribution in [0.25, 0.3) is 0 Å². The topological polar surface area (TPSA) is 34.0 Å². The van der Waals surface area contributed by atoms with Crippen LogP contribution in [-0.2, 0) is 6.54 Å². The fourth-order valence-corrected chi connectivity index (χ4v) is 2.02. The number of carbonyl (C=O) groups is 1. The average Bonchev–Trinajstić information content (AvgIpc) is 2.38. The lowest BCUT2D eigenvalue weighted by Gasteiger charge is -2.07. The van der Waals surface area contributed by atoms with Crippen molar-refractivity contribution in [2.45, 2.75) is 25.9 Å². The van der Waals surface area contributed by atoms with Gasteiger partial charge < -0.3 is 9.88 Å². The average molecular weight is 243 g/mol. The molecule has 2 heterocycles. The van der Waals surface area contributed by atoms with Gasteiger partial charge in [-0.25, -0.2) is 0 Å². The largest absolute Gasteiger partial charge is 0.348 e. The summed E-state index contributed by atoms with van der Waals surface area (Å²) in [5.74, 6) is 0.0238. The zero-order valence-electron chi connectivity index (χ0n) is 7.38. The Bertz CT molecular complexity index is 345. The van der Waals surface area contributed by atoms with Crippen LogP contribution in [0.3, 0.4) is 0 Å². The number of nitrogens with one attached hydrogen (secondary N) is 1. The number of nitrogens with zero attached hydrogens (tertiary/aromatic N) is 1. The van der Waals surface area contributed by atoms with Gasteiger partial charge in [0.15, 0.2) is 0 Å². The molecule has 1 atom stereocenters. The lowest BCUT2D eigenvalue weighted by Crippen LogP contribution is -2.30. The first-order valence-corrected chi connectivity index (χ1v) is 5.12. The van der Waals surface area contributed by atoms with E-state index in [4.69, 9.17) is 0 Å².